The van der Waals surface area contributed by atoms with Crippen molar-refractivity contribution in [3.8, 4) is 0 Å². The minimum atomic E-state index is -0.856. The molecule has 100 valence electrons. The van der Waals surface area contributed by atoms with Gasteiger partial charge < -0.3 is 20.8 Å². The van der Waals surface area contributed by atoms with Crippen molar-refractivity contribution in [2.45, 2.75) is 13.0 Å². The summed E-state index contributed by atoms with van der Waals surface area (Å²) in [5.41, 5.74) is 1.58. The number of aliphatic hydroxyl groups excluding tert-OH is 2. The van der Waals surface area contributed by atoms with Gasteiger partial charge in [-0.3, -0.25) is 4.79 Å². The van der Waals surface area contributed by atoms with Gasteiger partial charge in [0.15, 0.2) is 0 Å². The fourth-order valence-corrected chi connectivity index (χ4v) is 1.51. The van der Waals surface area contributed by atoms with E-state index in [-0.39, 0.29) is 25.6 Å². The van der Waals surface area contributed by atoms with Gasteiger partial charge in [0, 0.05) is 17.3 Å². The average Bonchev–Trinajstić information content (AvgIpc) is 2.33. The second kappa shape index (κ2) is 7.33. The summed E-state index contributed by atoms with van der Waals surface area (Å²) in [4.78, 5) is 11.6. The van der Waals surface area contributed by atoms with Crippen LogP contribution in [0.4, 0.5) is 5.69 Å². The van der Waals surface area contributed by atoms with E-state index in [0.717, 1.165) is 5.56 Å². The van der Waals surface area contributed by atoms with Gasteiger partial charge >= 0.3 is 0 Å². The lowest BCUT2D eigenvalue weighted by molar-refractivity contribution is -0.115. The highest BCUT2D eigenvalue weighted by Crippen LogP contribution is 2.19. The quantitative estimate of drug-likeness (QED) is 0.609. The van der Waals surface area contributed by atoms with Crippen molar-refractivity contribution in [2.24, 2.45) is 0 Å². The Kier molecular flexibility index (Phi) is 6.07. The molecule has 4 N–H and O–H groups in total. The van der Waals surface area contributed by atoms with Gasteiger partial charge in [0.25, 0.3) is 0 Å². The normalized spacial score (nSPS) is 12.2. The average molecular weight is 273 g/mol. The van der Waals surface area contributed by atoms with Gasteiger partial charge in [0.1, 0.15) is 0 Å². The van der Waals surface area contributed by atoms with E-state index in [1.165, 1.54) is 0 Å². The Labute approximate surface area is 111 Å². The summed E-state index contributed by atoms with van der Waals surface area (Å²) in [5.74, 6) is -0.231. The van der Waals surface area contributed by atoms with Crippen LogP contribution in [0.25, 0.3) is 0 Å². The van der Waals surface area contributed by atoms with Crippen LogP contribution in [0.15, 0.2) is 18.2 Å². The number of rotatable bonds is 6. The van der Waals surface area contributed by atoms with E-state index in [9.17, 15) is 4.79 Å². The molecule has 1 amide bonds. The van der Waals surface area contributed by atoms with Crippen LogP contribution in [0, 0.1) is 6.92 Å². The summed E-state index contributed by atoms with van der Waals surface area (Å²) < 4.78 is 0. The molecule has 0 aliphatic carbocycles. The Bertz CT molecular complexity index is 412. The molecule has 18 heavy (non-hydrogen) atoms. The summed E-state index contributed by atoms with van der Waals surface area (Å²) in [7, 11) is 0. The maximum absolute atomic E-state index is 11.6. The number of aryl methyl sites for hydroxylation is 1. The minimum Gasteiger partial charge on any atom is -0.394 e. The smallest absolute Gasteiger partial charge is 0.238 e. The van der Waals surface area contributed by atoms with Crippen LogP contribution in [0.1, 0.15) is 5.56 Å². The van der Waals surface area contributed by atoms with E-state index in [4.69, 9.17) is 21.8 Å². The molecule has 0 heterocycles. The van der Waals surface area contributed by atoms with Gasteiger partial charge in [0.05, 0.1) is 19.3 Å². The third-order valence-electron chi connectivity index (χ3n) is 2.35. The summed E-state index contributed by atoms with van der Waals surface area (Å²) in [6.07, 6.45) is -0.856. The van der Waals surface area contributed by atoms with E-state index < -0.39 is 6.10 Å². The zero-order chi connectivity index (χ0) is 13.5. The van der Waals surface area contributed by atoms with E-state index in [1.54, 1.807) is 12.1 Å². The van der Waals surface area contributed by atoms with Gasteiger partial charge in [-0.2, -0.15) is 0 Å². The van der Waals surface area contributed by atoms with Crippen molar-refractivity contribution in [1.82, 2.24) is 5.32 Å². The van der Waals surface area contributed by atoms with Crippen molar-refractivity contribution in [3.05, 3.63) is 28.8 Å². The predicted octanol–water partition coefficient (Wildman–Crippen LogP) is 0.530. The zero-order valence-corrected chi connectivity index (χ0v) is 10.9. The number of anilines is 1. The van der Waals surface area contributed by atoms with E-state index in [1.807, 2.05) is 13.0 Å². The largest absolute Gasteiger partial charge is 0.394 e. The number of carbonyl (C=O) groups is 1. The van der Waals surface area contributed by atoms with Gasteiger partial charge in [-0.05, 0) is 24.6 Å². The van der Waals surface area contributed by atoms with E-state index >= 15 is 0 Å². The molecule has 0 bridgehead atoms. The molecule has 1 atom stereocenters. The molecule has 1 rings (SSSR count). The molecule has 0 saturated carbocycles. The Morgan fingerprint density at radius 2 is 2.22 bits per heavy atom. The first-order chi connectivity index (χ1) is 8.52. The fourth-order valence-electron chi connectivity index (χ4n) is 1.34. The van der Waals surface area contributed by atoms with Gasteiger partial charge in [-0.15, -0.1) is 0 Å². The molecule has 1 aromatic rings. The lowest BCUT2D eigenvalue weighted by atomic mass is 10.2. The molecule has 0 aliphatic heterocycles. The second-order valence-electron chi connectivity index (χ2n) is 3.97. The second-order valence-corrected chi connectivity index (χ2v) is 4.41. The molecule has 1 aromatic carbocycles. The third kappa shape index (κ3) is 5.01. The van der Waals surface area contributed by atoms with Crippen LogP contribution in [-0.4, -0.2) is 41.9 Å². The molecule has 0 aliphatic rings. The molecule has 5 nitrogen and oxygen atoms in total. The summed E-state index contributed by atoms with van der Waals surface area (Å²) in [6.45, 7) is 1.76. The van der Waals surface area contributed by atoms with Crippen molar-refractivity contribution in [3.63, 3.8) is 0 Å². The number of benzene rings is 1. The number of carbonyl (C=O) groups excluding carboxylic acids is 1. The fraction of sp³-hybridized carbons (Fsp3) is 0.417. The molecule has 0 spiro atoms. The summed E-state index contributed by atoms with van der Waals surface area (Å²) in [6, 6.07) is 5.25. The molecule has 0 aromatic heterocycles. The minimum absolute atomic E-state index is 0.0585. The molecule has 0 saturated heterocycles. The van der Waals surface area contributed by atoms with Crippen LogP contribution < -0.4 is 10.6 Å². The number of nitrogens with one attached hydrogen (secondary N) is 2. The van der Waals surface area contributed by atoms with Crippen LogP contribution >= 0.6 is 11.6 Å². The lowest BCUT2D eigenvalue weighted by Crippen LogP contribution is -2.35. The van der Waals surface area contributed by atoms with E-state index in [0.29, 0.717) is 10.7 Å². The van der Waals surface area contributed by atoms with Gasteiger partial charge in [-0.1, -0.05) is 17.7 Å². The molecule has 0 fully saturated rings. The highest BCUT2D eigenvalue weighted by Gasteiger charge is 2.06. The van der Waals surface area contributed by atoms with Crippen molar-refractivity contribution in [1.29, 1.82) is 0 Å². The first-order valence-electron chi connectivity index (χ1n) is 5.58. The number of hydrogen-bond donors (Lipinski definition) is 4. The van der Waals surface area contributed by atoms with Gasteiger partial charge in [-0.25, -0.2) is 0 Å². The topological polar surface area (TPSA) is 81.6 Å². The molecule has 6 heteroatoms. The monoisotopic (exact) mass is 272 g/mol. The first kappa shape index (κ1) is 14.9. The van der Waals surface area contributed by atoms with Crippen LogP contribution in [-0.2, 0) is 4.79 Å². The highest BCUT2D eigenvalue weighted by molar-refractivity contribution is 6.31. The maximum Gasteiger partial charge on any atom is 0.238 e. The Morgan fingerprint density at radius 3 is 2.89 bits per heavy atom. The third-order valence-corrected chi connectivity index (χ3v) is 2.59. The molecular weight excluding hydrogens is 256 g/mol. The maximum atomic E-state index is 11.6. The van der Waals surface area contributed by atoms with Crippen LogP contribution in [0.3, 0.4) is 0 Å². The Balaban J connectivity index is 2.42. The standard InChI is InChI=1S/C12H17ClN2O3/c1-8-2-3-9(13)4-11(8)15-12(18)6-14-5-10(17)7-16/h2-4,10,14,16-17H,5-7H2,1H3,(H,15,18). The van der Waals surface area contributed by atoms with Crippen molar-refractivity contribution >= 4 is 23.2 Å². The molecule has 1 unspecified atom stereocenters. The van der Waals surface area contributed by atoms with Crippen LogP contribution in [0.2, 0.25) is 5.02 Å². The van der Waals surface area contributed by atoms with Crippen molar-refractivity contribution < 1.29 is 15.0 Å². The number of amides is 1. The van der Waals surface area contributed by atoms with E-state index in [2.05, 4.69) is 10.6 Å². The predicted molar refractivity (Wildman–Crippen MR) is 70.8 cm³/mol. The molecular formula is C12H17ClN2O3. The van der Waals surface area contributed by atoms with Crippen LogP contribution in [0.5, 0.6) is 0 Å². The number of aliphatic hydroxyl groups is 2. The summed E-state index contributed by atoms with van der Waals surface area (Å²) >= 11 is 5.84. The zero-order valence-electron chi connectivity index (χ0n) is 10.1. The molecule has 0 radical (unpaired) electrons. The SMILES string of the molecule is Cc1ccc(Cl)cc1NC(=O)CNCC(O)CO. The van der Waals surface area contributed by atoms with Crippen molar-refractivity contribution in [2.75, 3.05) is 25.0 Å². The lowest BCUT2D eigenvalue weighted by Gasteiger charge is -2.11. The summed E-state index contributed by atoms with van der Waals surface area (Å²) in [5, 5.41) is 23.7. The van der Waals surface area contributed by atoms with Gasteiger partial charge in [0.2, 0.25) is 5.91 Å². The Morgan fingerprint density at radius 1 is 1.50 bits per heavy atom. The highest BCUT2D eigenvalue weighted by atomic mass is 35.5. The number of halogens is 1. The first-order valence-corrected chi connectivity index (χ1v) is 5.96. The Hall–Kier alpha value is -1.14. The number of hydrogen-bond acceptors (Lipinski definition) is 4.